The van der Waals surface area contributed by atoms with Crippen molar-refractivity contribution >= 4 is 39.6 Å². The number of aryl methyl sites for hydroxylation is 1. The van der Waals surface area contributed by atoms with Crippen molar-refractivity contribution in [2.24, 2.45) is 0 Å². The lowest BCUT2D eigenvalue weighted by atomic mass is 9.96. The van der Waals surface area contributed by atoms with E-state index in [1.54, 1.807) is 11.3 Å². The molecule has 0 atom stereocenters. The van der Waals surface area contributed by atoms with Crippen LogP contribution in [-0.4, -0.2) is 50.3 Å². The number of hydrogen-bond donors (Lipinski definition) is 2. The van der Waals surface area contributed by atoms with E-state index in [2.05, 4.69) is 15.5 Å². The molecule has 1 aliphatic rings. The maximum Gasteiger partial charge on any atom is 0.341 e. The summed E-state index contributed by atoms with van der Waals surface area (Å²) in [4.78, 5) is 15.7. The SMILES string of the molecule is COC(=O)c1c(NC(=S)NCCN(C)C)sc2c1CCCCCC2. The van der Waals surface area contributed by atoms with Crippen LogP contribution in [0.25, 0.3) is 0 Å². The number of fused-ring (bicyclic) bond motifs is 1. The number of hydrogen-bond acceptors (Lipinski definition) is 5. The molecule has 0 saturated carbocycles. The van der Waals surface area contributed by atoms with E-state index in [0.717, 1.165) is 42.9 Å². The zero-order valence-electron chi connectivity index (χ0n) is 14.7. The molecule has 0 bridgehead atoms. The molecular formula is C17H27N3O2S2. The average Bonchev–Trinajstić information content (AvgIpc) is 2.82. The van der Waals surface area contributed by atoms with Crippen LogP contribution in [0.2, 0.25) is 0 Å². The van der Waals surface area contributed by atoms with Gasteiger partial charge in [0.25, 0.3) is 0 Å². The van der Waals surface area contributed by atoms with Crippen LogP contribution in [-0.2, 0) is 17.6 Å². The number of nitrogens with zero attached hydrogens (tertiary/aromatic N) is 1. The van der Waals surface area contributed by atoms with E-state index in [1.807, 2.05) is 14.1 Å². The molecule has 1 aliphatic carbocycles. The second kappa shape index (κ2) is 9.34. The van der Waals surface area contributed by atoms with E-state index in [0.29, 0.717) is 10.7 Å². The minimum Gasteiger partial charge on any atom is -0.465 e. The topological polar surface area (TPSA) is 53.6 Å². The monoisotopic (exact) mass is 369 g/mol. The number of thiocarbonyl (C=S) groups is 1. The number of carbonyl (C=O) groups excluding carboxylic acids is 1. The van der Waals surface area contributed by atoms with Crippen molar-refractivity contribution in [3.63, 3.8) is 0 Å². The normalized spacial score (nSPS) is 14.5. The summed E-state index contributed by atoms with van der Waals surface area (Å²) < 4.78 is 5.02. The highest BCUT2D eigenvalue weighted by Crippen LogP contribution is 2.37. The summed E-state index contributed by atoms with van der Waals surface area (Å²) in [5.74, 6) is -0.272. The number of carbonyl (C=O) groups is 1. The number of thiophene rings is 1. The minimum atomic E-state index is -0.272. The summed E-state index contributed by atoms with van der Waals surface area (Å²) in [6.45, 7) is 1.66. The number of esters is 1. The molecule has 0 saturated heterocycles. The molecule has 0 fully saturated rings. The number of rotatable bonds is 5. The number of nitrogens with one attached hydrogen (secondary N) is 2. The highest BCUT2D eigenvalue weighted by Gasteiger charge is 2.25. The Morgan fingerprint density at radius 1 is 1.25 bits per heavy atom. The number of methoxy groups -OCH3 is 1. The van der Waals surface area contributed by atoms with Gasteiger partial charge in [0.05, 0.1) is 12.7 Å². The van der Waals surface area contributed by atoms with Gasteiger partial charge in [-0.25, -0.2) is 4.79 Å². The van der Waals surface area contributed by atoms with Gasteiger partial charge in [0, 0.05) is 18.0 Å². The summed E-state index contributed by atoms with van der Waals surface area (Å²) in [5, 5.41) is 7.77. The van der Waals surface area contributed by atoms with E-state index < -0.39 is 0 Å². The zero-order chi connectivity index (χ0) is 17.5. The van der Waals surface area contributed by atoms with Gasteiger partial charge in [0.2, 0.25) is 0 Å². The van der Waals surface area contributed by atoms with Gasteiger partial charge in [-0.15, -0.1) is 11.3 Å². The van der Waals surface area contributed by atoms with Gasteiger partial charge in [-0.3, -0.25) is 0 Å². The van der Waals surface area contributed by atoms with Crippen molar-refractivity contribution in [1.82, 2.24) is 10.2 Å². The second-order valence-electron chi connectivity index (χ2n) is 6.30. The summed E-state index contributed by atoms with van der Waals surface area (Å²) in [6.07, 6.45) is 6.77. The fourth-order valence-electron chi connectivity index (χ4n) is 2.87. The van der Waals surface area contributed by atoms with E-state index >= 15 is 0 Å². The lowest BCUT2D eigenvalue weighted by Crippen LogP contribution is -2.34. The standard InChI is InChI=1S/C17H27N3O2S2/c1-20(2)11-10-18-17(23)19-15-14(16(21)22-3)12-8-6-4-5-7-9-13(12)24-15/h4-11H2,1-3H3,(H2,18,19,23). The van der Waals surface area contributed by atoms with Gasteiger partial charge in [-0.1, -0.05) is 12.8 Å². The van der Waals surface area contributed by atoms with E-state index in [9.17, 15) is 4.79 Å². The molecule has 1 aromatic rings. The van der Waals surface area contributed by atoms with Crippen LogP contribution in [0.3, 0.4) is 0 Å². The maximum atomic E-state index is 12.3. The maximum absolute atomic E-state index is 12.3. The Balaban J connectivity index is 2.17. The fraction of sp³-hybridized carbons (Fsp3) is 0.647. The van der Waals surface area contributed by atoms with E-state index in [4.69, 9.17) is 17.0 Å². The van der Waals surface area contributed by atoms with Gasteiger partial charge < -0.3 is 20.3 Å². The first-order valence-electron chi connectivity index (χ1n) is 8.45. The van der Waals surface area contributed by atoms with Crippen LogP contribution in [0.1, 0.15) is 46.5 Å². The largest absolute Gasteiger partial charge is 0.465 e. The third-order valence-electron chi connectivity index (χ3n) is 4.13. The summed E-state index contributed by atoms with van der Waals surface area (Å²) in [5.41, 5.74) is 1.83. The smallest absolute Gasteiger partial charge is 0.341 e. The van der Waals surface area contributed by atoms with Crippen LogP contribution in [0.4, 0.5) is 5.00 Å². The van der Waals surface area contributed by atoms with Crippen molar-refractivity contribution < 1.29 is 9.53 Å². The van der Waals surface area contributed by atoms with Gasteiger partial charge in [-0.05, 0) is 57.6 Å². The Labute approximate surface area is 153 Å². The predicted molar refractivity (Wildman–Crippen MR) is 104 cm³/mol. The molecule has 0 aliphatic heterocycles. The molecule has 7 heteroatoms. The van der Waals surface area contributed by atoms with Gasteiger partial charge >= 0.3 is 5.97 Å². The van der Waals surface area contributed by atoms with Crippen molar-refractivity contribution in [3.05, 3.63) is 16.0 Å². The van der Waals surface area contributed by atoms with Gasteiger partial charge in [0.1, 0.15) is 5.00 Å². The first kappa shape index (κ1) is 19.1. The number of ether oxygens (including phenoxy) is 1. The van der Waals surface area contributed by atoms with Crippen LogP contribution in [0.5, 0.6) is 0 Å². The Morgan fingerprint density at radius 3 is 2.62 bits per heavy atom. The first-order chi connectivity index (χ1) is 11.5. The lowest BCUT2D eigenvalue weighted by Gasteiger charge is -2.13. The van der Waals surface area contributed by atoms with Crippen LogP contribution >= 0.6 is 23.6 Å². The van der Waals surface area contributed by atoms with Crippen LogP contribution in [0, 0.1) is 0 Å². The van der Waals surface area contributed by atoms with Crippen molar-refractivity contribution in [1.29, 1.82) is 0 Å². The Bertz CT molecular complexity index is 585. The second-order valence-corrected chi connectivity index (χ2v) is 7.81. The van der Waals surface area contributed by atoms with Gasteiger partial charge in [-0.2, -0.15) is 0 Å². The summed E-state index contributed by atoms with van der Waals surface area (Å²) >= 11 is 7.02. The molecule has 0 unspecified atom stereocenters. The highest BCUT2D eigenvalue weighted by atomic mass is 32.1. The Kier molecular flexibility index (Phi) is 7.45. The summed E-state index contributed by atoms with van der Waals surface area (Å²) in [6, 6.07) is 0. The van der Waals surface area contributed by atoms with Gasteiger partial charge in [0.15, 0.2) is 5.11 Å². The zero-order valence-corrected chi connectivity index (χ0v) is 16.4. The molecule has 0 aromatic carbocycles. The molecule has 0 amide bonds. The molecular weight excluding hydrogens is 342 g/mol. The molecule has 134 valence electrons. The average molecular weight is 370 g/mol. The fourth-order valence-corrected chi connectivity index (χ4v) is 4.42. The van der Waals surface area contributed by atoms with Crippen molar-refractivity contribution in [3.8, 4) is 0 Å². The Hall–Kier alpha value is -1.18. The number of likely N-dealkylation sites (N-methyl/N-ethyl adjacent to an activating group) is 1. The predicted octanol–water partition coefficient (Wildman–Crippen LogP) is 3.04. The van der Waals surface area contributed by atoms with E-state index in [1.165, 1.54) is 31.2 Å². The molecule has 24 heavy (non-hydrogen) atoms. The quantitative estimate of drug-likeness (QED) is 0.615. The minimum absolute atomic E-state index is 0.272. The van der Waals surface area contributed by atoms with Crippen LogP contribution in [0.15, 0.2) is 0 Å². The highest BCUT2D eigenvalue weighted by molar-refractivity contribution is 7.80. The molecule has 2 N–H and O–H groups in total. The first-order valence-corrected chi connectivity index (χ1v) is 9.67. The molecule has 1 aromatic heterocycles. The molecule has 5 nitrogen and oxygen atoms in total. The lowest BCUT2D eigenvalue weighted by molar-refractivity contribution is 0.0601. The third-order valence-corrected chi connectivity index (χ3v) is 5.59. The number of anilines is 1. The summed E-state index contributed by atoms with van der Waals surface area (Å²) in [7, 11) is 5.48. The Morgan fingerprint density at radius 2 is 1.96 bits per heavy atom. The van der Waals surface area contributed by atoms with E-state index in [-0.39, 0.29) is 5.97 Å². The molecule has 2 rings (SSSR count). The third kappa shape index (κ3) is 5.16. The van der Waals surface area contributed by atoms with Crippen molar-refractivity contribution in [2.45, 2.75) is 38.5 Å². The molecule has 1 heterocycles. The molecule has 0 radical (unpaired) electrons. The van der Waals surface area contributed by atoms with Crippen molar-refractivity contribution in [2.75, 3.05) is 39.6 Å². The molecule has 0 spiro atoms. The van der Waals surface area contributed by atoms with Crippen LogP contribution < -0.4 is 10.6 Å².